The van der Waals surface area contributed by atoms with Crippen molar-refractivity contribution in [1.29, 1.82) is 0 Å². The van der Waals surface area contributed by atoms with E-state index in [4.69, 9.17) is 10.5 Å². The molecule has 0 bridgehead atoms. The van der Waals surface area contributed by atoms with E-state index in [2.05, 4.69) is 0 Å². The number of nitrogens with zero attached hydrogens (tertiary/aromatic N) is 2. The number of ether oxygens (including phenoxy) is 1. The molecule has 1 fully saturated rings. The molecule has 0 unspecified atom stereocenters. The predicted molar refractivity (Wildman–Crippen MR) is 100 cm³/mol. The Morgan fingerprint density at radius 1 is 1.16 bits per heavy atom. The van der Waals surface area contributed by atoms with E-state index in [-0.39, 0.29) is 24.0 Å². The van der Waals surface area contributed by atoms with Gasteiger partial charge in [0.25, 0.3) is 0 Å². The van der Waals surface area contributed by atoms with Gasteiger partial charge in [0.15, 0.2) is 0 Å². The van der Waals surface area contributed by atoms with Gasteiger partial charge in [-0.3, -0.25) is 4.79 Å². The fourth-order valence-corrected chi connectivity index (χ4v) is 2.93. The summed E-state index contributed by atoms with van der Waals surface area (Å²) in [5.74, 6) is 0.573. The second kappa shape index (κ2) is 8.88. The SMILES string of the molecule is CC(C)[C@H](N)C(=O)N1CCC(CN(C(=O)OC(C)(C)C)C(C)C)CC1. The fourth-order valence-electron chi connectivity index (χ4n) is 2.93. The van der Waals surface area contributed by atoms with Crippen LogP contribution in [0.15, 0.2) is 0 Å². The quantitative estimate of drug-likeness (QED) is 0.823. The Morgan fingerprint density at radius 2 is 1.68 bits per heavy atom. The van der Waals surface area contributed by atoms with Gasteiger partial charge in [0.2, 0.25) is 5.91 Å². The molecule has 1 saturated heterocycles. The van der Waals surface area contributed by atoms with Crippen molar-refractivity contribution in [2.24, 2.45) is 17.6 Å². The molecule has 0 radical (unpaired) electrons. The Kier molecular flexibility index (Phi) is 7.72. The Bertz CT molecular complexity index is 449. The number of piperidine rings is 1. The van der Waals surface area contributed by atoms with Gasteiger partial charge < -0.3 is 20.3 Å². The minimum absolute atomic E-state index is 0.0429. The first-order chi connectivity index (χ1) is 11.4. The molecular formula is C19H37N3O3. The summed E-state index contributed by atoms with van der Waals surface area (Å²) in [5.41, 5.74) is 5.49. The molecule has 146 valence electrons. The first-order valence-electron chi connectivity index (χ1n) is 9.46. The smallest absolute Gasteiger partial charge is 0.410 e. The monoisotopic (exact) mass is 355 g/mol. The molecule has 6 heteroatoms. The second-order valence-corrected chi connectivity index (χ2v) is 8.76. The molecule has 2 N–H and O–H groups in total. The number of hydrogen-bond acceptors (Lipinski definition) is 4. The van der Waals surface area contributed by atoms with Crippen LogP contribution in [0.5, 0.6) is 0 Å². The lowest BCUT2D eigenvalue weighted by Gasteiger charge is -2.37. The van der Waals surface area contributed by atoms with Crippen LogP contribution in [-0.4, -0.2) is 59.1 Å². The van der Waals surface area contributed by atoms with Crippen LogP contribution >= 0.6 is 0 Å². The van der Waals surface area contributed by atoms with Crippen LogP contribution in [0, 0.1) is 11.8 Å². The van der Waals surface area contributed by atoms with E-state index in [1.807, 2.05) is 53.4 Å². The van der Waals surface area contributed by atoms with Crippen molar-refractivity contribution in [3.8, 4) is 0 Å². The maximum Gasteiger partial charge on any atom is 0.410 e. The molecule has 0 aromatic rings. The van der Waals surface area contributed by atoms with E-state index < -0.39 is 11.6 Å². The molecule has 0 aromatic heterocycles. The van der Waals surface area contributed by atoms with Crippen molar-refractivity contribution in [2.45, 2.75) is 79.0 Å². The van der Waals surface area contributed by atoms with E-state index in [0.717, 1.165) is 12.8 Å². The average molecular weight is 356 g/mol. The van der Waals surface area contributed by atoms with Crippen LogP contribution < -0.4 is 5.73 Å². The molecular weight excluding hydrogens is 318 g/mol. The maximum atomic E-state index is 12.4. The average Bonchev–Trinajstić information content (AvgIpc) is 2.49. The molecule has 0 aromatic carbocycles. The lowest BCUT2D eigenvalue weighted by molar-refractivity contribution is -0.135. The molecule has 0 aliphatic carbocycles. The lowest BCUT2D eigenvalue weighted by Crippen LogP contribution is -2.51. The summed E-state index contributed by atoms with van der Waals surface area (Å²) in [6, 6.07) is -0.339. The molecule has 1 heterocycles. The van der Waals surface area contributed by atoms with Crippen molar-refractivity contribution in [2.75, 3.05) is 19.6 Å². The van der Waals surface area contributed by atoms with Gasteiger partial charge in [-0.25, -0.2) is 4.79 Å². The third kappa shape index (κ3) is 6.84. The number of hydrogen-bond donors (Lipinski definition) is 1. The summed E-state index contributed by atoms with van der Waals surface area (Å²) in [5, 5.41) is 0. The Morgan fingerprint density at radius 3 is 2.08 bits per heavy atom. The van der Waals surface area contributed by atoms with E-state index in [1.165, 1.54) is 0 Å². The lowest BCUT2D eigenvalue weighted by atomic mass is 9.94. The predicted octanol–water partition coefficient (Wildman–Crippen LogP) is 2.85. The van der Waals surface area contributed by atoms with Crippen molar-refractivity contribution >= 4 is 12.0 Å². The highest BCUT2D eigenvalue weighted by atomic mass is 16.6. The van der Waals surface area contributed by atoms with Gasteiger partial charge in [-0.05, 0) is 59.3 Å². The van der Waals surface area contributed by atoms with E-state index in [9.17, 15) is 9.59 Å². The molecule has 1 rings (SSSR count). The molecule has 1 aliphatic heterocycles. The second-order valence-electron chi connectivity index (χ2n) is 8.76. The fraction of sp³-hybridized carbons (Fsp3) is 0.895. The topological polar surface area (TPSA) is 75.9 Å². The Hall–Kier alpha value is -1.30. The molecule has 25 heavy (non-hydrogen) atoms. The van der Waals surface area contributed by atoms with Crippen molar-refractivity contribution < 1.29 is 14.3 Å². The number of rotatable bonds is 5. The van der Waals surface area contributed by atoms with Gasteiger partial charge in [0.1, 0.15) is 5.60 Å². The van der Waals surface area contributed by atoms with Crippen LogP contribution in [-0.2, 0) is 9.53 Å². The standard InChI is InChI=1S/C19H37N3O3/c1-13(2)16(20)17(23)21-10-8-15(9-11-21)12-22(14(3)4)18(24)25-19(5,6)7/h13-16H,8-12,20H2,1-7H3/t16-/m0/s1. The van der Waals surface area contributed by atoms with Gasteiger partial charge in [0, 0.05) is 25.7 Å². The summed E-state index contributed by atoms with van der Waals surface area (Å²) >= 11 is 0. The summed E-state index contributed by atoms with van der Waals surface area (Å²) in [6.07, 6.45) is 1.52. The zero-order valence-electron chi connectivity index (χ0n) is 17.0. The summed E-state index contributed by atoms with van der Waals surface area (Å²) < 4.78 is 5.53. The Labute approximate surface area is 153 Å². The van der Waals surface area contributed by atoms with Gasteiger partial charge in [-0.1, -0.05) is 13.8 Å². The highest BCUT2D eigenvalue weighted by Crippen LogP contribution is 2.22. The van der Waals surface area contributed by atoms with E-state index in [0.29, 0.717) is 25.6 Å². The summed E-state index contributed by atoms with van der Waals surface area (Å²) in [4.78, 5) is 28.5. The first kappa shape index (κ1) is 21.7. The summed E-state index contributed by atoms with van der Waals surface area (Å²) in [7, 11) is 0. The largest absolute Gasteiger partial charge is 0.444 e. The van der Waals surface area contributed by atoms with Crippen molar-refractivity contribution in [3.05, 3.63) is 0 Å². The number of likely N-dealkylation sites (tertiary alicyclic amines) is 1. The van der Waals surface area contributed by atoms with Crippen LogP contribution in [0.2, 0.25) is 0 Å². The minimum Gasteiger partial charge on any atom is -0.444 e. The van der Waals surface area contributed by atoms with E-state index >= 15 is 0 Å². The van der Waals surface area contributed by atoms with E-state index in [1.54, 1.807) is 4.90 Å². The van der Waals surface area contributed by atoms with Crippen molar-refractivity contribution in [3.63, 3.8) is 0 Å². The number of nitrogens with two attached hydrogens (primary N) is 1. The van der Waals surface area contributed by atoms with Crippen molar-refractivity contribution in [1.82, 2.24) is 9.80 Å². The van der Waals surface area contributed by atoms with Crippen LogP contribution in [0.4, 0.5) is 4.79 Å². The van der Waals surface area contributed by atoms with Crippen LogP contribution in [0.3, 0.4) is 0 Å². The third-order valence-electron chi connectivity index (χ3n) is 4.64. The van der Waals surface area contributed by atoms with Gasteiger partial charge in [0.05, 0.1) is 6.04 Å². The molecule has 0 saturated carbocycles. The van der Waals surface area contributed by atoms with Gasteiger partial charge in [-0.2, -0.15) is 0 Å². The van der Waals surface area contributed by atoms with Crippen LogP contribution in [0.1, 0.15) is 61.3 Å². The zero-order chi connectivity index (χ0) is 19.4. The number of carbonyl (C=O) groups is 2. The maximum absolute atomic E-state index is 12.4. The first-order valence-corrected chi connectivity index (χ1v) is 9.46. The third-order valence-corrected chi connectivity index (χ3v) is 4.64. The Balaban J connectivity index is 2.58. The minimum atomic E-state index is -0.493. The molecule has 1 atom stereocenters. The molecule has 6 nitrogen and oxygen atoms in total. The zero-order valence-corrected chi connectivity index (χ0v) is 17.0. The number of carbonyl (C=O) groups excluding carboxylic acids is 2. The number of amides is 2. The highest BCUT2D eigenvalue weighted by Gasteiger charge is 2.31. The van der Waals surface area contributed by atoms with Gasteiger partial charge in [-0.15, -0.1) is 0 Å². The normalized spacial score (nSPS) is 17.8. The van der Waals surface area contributed by atoms with Crippen LogP contribution in [0.25, 0.3) is 0 Å². The highest BCUT2D eigenvalue weighted by molar-refractivity contribution is 5.82. The summed E-state index contributed by atoms with van der Waals surface area (Å²) in [6.45, 7) is 15.7. The molecule has 2 amide bonds. The molecule has 0 spiro atoms. The molecule has 1 aliphatic rings. The van der Waals surface area contributed by atoms with Gasteiger partial charge >= 0.3 is 6.09 Å².